The van der Waals surface area contributed by atoms with Crippen LogP contribution in [0.15, 0.2) is 36.5 Å². The van der Waals surface area contributed by atoms with Gasteiger partial charge in [0, 0.05) is 6.42 Å². The molecule has 0 aromatic carbocycles. The fourth-order valence-corrected chi connectivity index (χ4v) is 9.20. The minimum absolute atomic E-state index is 0.150. The maximum Gasteiger partial charge on any atom is 0.220 e. The Morgan fingerprint density at radius 1 is 0.385 bits per heavy atom. The van der Waals surface area contributed by atoms with Crippen molar-refractivity contribution in [3.8, 4) is 0 Å². The first kappa shape index (κ1) is 63.6. The van der Waals surface area contributed by atoms with Gasteiger partial charge in [-0.15, -0.1) is 0 Å². The predicted octanol–water partition coefficient (Wildman–Crippen LogP) is 18.2. The van der Waals surface area contributed by atoms with Crippen LogP contribution in [-0.2, 0) is 4.79 Å². The third-order valence-electron chi connectivity index (χ3n) is 13.7. The zero-order valence-electron chi connectivity index (χ0n) is 43.9. The first-order valence-electron chi connectivity index (χ1n) is 29.3. The number of amides is 1. The van der Waals surface area contributed by atoms with Gasteiger partial charge in [0.1, 0.15) is 6.10 Å². The fourth-order valence-electron chi connectivity index (χ4n) is 9.20. The summed E-state index contributed by atoms with van der Waals surface area (Å²) in [6, 6.07) is -0.826. The summed E-state index contributed by atoms with van der Waals surface area (Å²) in [4.78, 5) is 12.5. The lowest BCUT2D eigenvalue weighted by atomic mass is 10.0. The first-order valence-corrected chi connectivity index (χ1v) is 29.3. The van der Waals surface area contributed by atoms with E-state index in [9.17, 15) is 20.1 Å². The average Bonchev–Trinajstić information content (AvgIpc) is 3.31. The molecule has 0 fully saturated rings. The van der Waals surface area contributed by atoms with E-state index in [1.165, 1.54) is 244 Å². The van der Waals surface area contributed by atoms with E-state index in [2.05, 4.69) is 55.6 Å². The van der Waals surface area contributed by atoms with Crippen molar-refractivity contribution in [3.05, 3.63) is 36.5 Å². The van der Waals surface area contributed by atoms with Gasteiger partial charge in [-0.3, -0.25) is 4.79 Å². The summed E-state index contributed by atoms with van der Waals surface area (Å²) in [5, 5.41) is 33.7. The number of hydrogen-bond donors (Lipinski definition) is 4. The van der Waals surface area contributed by atoms with E-state index < -0.39 is 18.2 Å². The maximum atomic E-state index is 12.5. The Hall–Kier alpha value is -1.43. The molecule has 0 aromatic heterocycles. The van der Waals surface area contributed by atoms with Crippen LogP contribution in [0.5, 0.6) is 0 Å². The predicted molar refractivity (Wildman–Crippen MR) is 287 cm³/mol. The maximum absolute atomic E-state index is 12.5. The Bertz CT molecular complexity index is 1010. The summed E-state index contributed by atoms with van der Waals surface area (Å²) in [6.45, 7) is 4.20. The van der Waals surface area contributed by atoms with Gasteiger partial charge in [0.25, 0.3) is 0 Å². The topological polar surface area (TPSA) is 89.8 Å². The summed E-state index contributed by atoms with van der Waals surface area (Å²) in [7, 11) is 0. The van der Waals surface area contributed by atoms with Crippen LogP contribution in [0.25, 0.3) is 0 Å². The molecule has 0 heterocycles. The standard InChI is InChI=1S/C60H115NO4/c1-3-5-7-9-11-13-15-17-19-21-23-24-25-26-27-28-29-30-31-32-33-34-35-36-37-39-41-43-45-47-49-51-53-55-59(64)61-57(56-62)60(65)58(63)54-52-50-48-46-44-42-40-38-22-20-18-16-14-12-10-8-6-4-2/h23-24,26-27,46,48,57-58,60,62-63,65H,3-22,25,28-45,47,49-56H2,1-2H3,(H,61,64)/b24-23-,27-26-,48-46+. The van der Waals surface area contributed by atoms with Gasteiger partial charge < -0.3 is 20.6 Å². The summed E-state index contributed by atoms with van der Waals surface area (Å²) in [5.41, 5.74) is 0. The molecule has 5 nitrogen and oxygen atoms in total. The lowest BCUT2D eigenvalue weighted by Crippen LogP contribution is -2.50. The van der Waals surface area contributed by atoms with Crippen molar-refractivity contribution >= 4 is 5.91 Å². The van der Waals surface area contributed by atoms with Gasteiger partial charge in [-0.25, -0.2) is 0 Å². The van der Waals surface area contributed by atoms with Crippen LogP contribution < -0.4 is 5.32 Å². The molecule has 3 atom stereocenters. The van der Waals surface area contributed by atoms with Crippen molar-refractivity contribution in [1.29, 1.82) is 0 Å². The Morgan fingerprint density at radius 3 is 0.985 bits per heavy atom. The SMILES string of the molecule is CCCCCCCCCCC/C=C\C/C=C\CCCCCCCCCCCCCCCCCCCC(=O)NC(CO)C(O)C(O)CCC/C=C/CCCCCCCCCCCCCCC. The molecule has 0 aliphatic carbocycles. The van der Waals surface area contributed by atoms with Crippen LogP contribution in [0.4, 0.5) is 0 Å². The van der Waals surface area contributed by atoms with Gasteiger partial charge in [0.2, 0.25) is 5.91 Å². The van der Waals surface area contributed by atoms with Crippen LogP contribution in [0, 0.1) is 0 Å². The van der Waals surface area contributed by atoms with Gasteiger partial charge in [-0.2, -0.15) is 0 Å². The lowest BCUT2D eigenvalue weighted by molar-refractivity contribution is -0.124. The molecule has 0 saturated carbocycles. The number of aliphatic hydroxyl groups is 3. The Morgan fingerprint density at radius 2 is 0.662 bits per heavy atom. The molecule has 0 spiro atoms. The molecule has 0 rings (SSSR count). The van der Waals surface area contributed by atoms with Gasteiger partial charge in [0.05, 0.1) is 18.8 Å². The zero-order chi connectivity index (χ0) is 47.2. The van der Waals surface area contributed by atoms with E-state index in [0.29, 0.717) is 12.8 Å². The third-order valence-corrected chi connectivity index (χ3v) is 13.7. The summed E-state index contributed by atoms with van der Waals surface area (Å²) >= 11 is 0. The molecule has 0 bridgehead atoms. The molecule has 0 radical (unpaired) electrons. The zero-order valence-corrected chi connectivity index (χ0v) is 43.9. The summed E-state index contributed by atoms with van der Waals surface area (Å²) in [6.07, 6.45) is 71.7. The largest absolute Gasteiger partial charge is 0.394 e. The average molecular weight is 915 g/mol. The molecule has 384 valence electrons. The van der Waals surface area contributed by atoms with Gasteiger partial charge >= 0.3 is 0 Å². The summed E-state index contributed by atoms with van der Waals surface area (Å²) in [5.74, 6) is -0.150. The number of unbranched alkanes of at least 4 members (excludes halogenated alkanes) is 40. The van der Waals surface area contributed by atoms with Crippen molar-refractivity contribution in [1.82, 2.24) is 5.32 Å². The van der Waals surface area contributed by atoms with E-state index in [4.69, 9.17) is 0 Å². The van der Waals surface area contributed by atoms with Crippen LogP contribution >= 0.6 is 0 Å². The van der Waals surface area contributed by atoms with Crippen molar-refractivity contribution in [3.63, 3.8) is 0 Å². The van der Waals surface area contributed by atoms with Crippen molar-refractivity contribution in [2.75, 3.05) is 6.61 Å². The van der Waals surface area contributed by atoms with Crippen LogP contribution in [-0.4, -0.2) is 46.1 Å². The number of nitrogens with one attached hydrogen (secondary N) is 1. The second-order valence-electron chi connectivity index (χ2n) is 20.2. The third kappa shape index (κ3) is 50.3. The molecule has 4 N–H and O–H groups in total. The lowest BCUT2D eigenvalue weighted by Gasteiger charge is -2.26. The minimum Gasteiger partial charge on any atom is -0.394 e. The number of hydrogen-bond acceptors (Lipinski definition) is 4. The highest BCUT2D eigenvalue weighted by molar-refractivity contribution is 5.76. The highest BCUT2D eigenvalue weighted by Gasteiger charge is 2.26. The van der Waals surface area contributed by atoms with E-state index in [0.717, 1.165) is 44.9 Å². The smallest absolute Gasteiger partial charge is 0.220 e. The van der Waals surface area contributed by atoms with Crippen molar-refractivity contribution in [2.45, 2.75) is 334 Å². The van der Waals surface area contributed by atoms with E-state index in [1.807, 2.05) is 0 Å². The molecular formula is C60H115NO4. The highest BCUT2D eigenvalue weighted by Crippen LogP contribution is 2.17. The molecular weight excluding hydrogens is 799 g/mol. The molecule has 1 amide bonds. The van der Waals surface area contributed by atoms with E-state index in [-0.39, 0.29) is 12.5 Å². The van der Waals surface area contributed by atoms with Crippen LogP contribution in [0.2, 0.25) is 0 Å². The second kappa shape index (κ2) is 55.2. The number of carbonyl (C=O) groups excluding carboxylic acids is 1. The number of carbonyl (C=O) groups is 1. The monoisotopic (exact) mass is 914 g/mol. The number of allylic oxidation sites excluding steroid dienone is 6. The molecule has 3 unspecified atom stereocenters. The molecule has 0 saturated heterocycles. The van der Waals surface area contributed by atoms with Gasteiger partial charge in [-0.1, -0.05) is 275 Å². The van der Waals surface area contributed by atoms with Crippen molar-refractivity contribution in [2.24, 2.45) is 0 Å². The van der Waals surface area contributed by atoms with E-state index >= 15 is 0 Å². The van der Waals surface area contributed by atoms with Gasteiger partial charge in [0.15, 0.2) is 0 Å². The highest BCUT2D eigenvalue weighted by atomic mass is 16.3. The molecule has 65 heavy (non-hydrogen) atoms. The Kier molecular flexibility index (Phi) is 54.0. The van der Waals surface area contributed by atoms with Crippen LogP contribution in [0.1, 0.15) is 316 Å². The Labute approximate surface area is 406 Å². The van der Waals surface area contributed by atoms with Gasteiger partial charge in [-0.05, 0) is 70.6 Å². The molecule has 0 aliphatic heterocycles. The molecule has 0 aromatic rings. The summed E-state index contributed by atoms with van der Waals surface area (Å²) < 4.78 is 0. The van der Waals surface area contributed by atoms with Crippen molar-refractivity contribution < 1.29 is 20.1 Å². The fraction of sp³-hybridized carbons (Fsp3) is 0.883. The minimum atomic E-state index is -1.16. The quantitative estimate of drug-likeness (QED) is 0.0361. The first-order chi connectivity index (χ1) is 32.1. The molecule has 5 heteroatoms. The Balaban J connectivity index is 3.52. The van der Waals surface area contributed by atoms with E-state index in [1.54, 1.807) is 0 Å². The number of rotatable bonds is 54. The number of aliphatic hydroxyl groups excluding tert-OH is 3. The molecule has 0 aliphatic rings. The van der Waals surface area contributed by atoms with Crippen LogP contribution in [0.3, 0.4) is 0 Å². The second-order valence-corrected chi connectivity index (χ2v) is 20.2. The normalized spacial score (nSPS) is 13.5.